The smallest absolute Gasteiger partial charge is 0.315 e. The summed E-state index contributed by atoms with van der Waals surface area (Å²) in [4.78, 5) is 19.3. The summed E-state index contributed by atoms with van der Waals surface area (Å²) < 4.78 is 10.6. The molecule has 1 saturated heterocycles. The van der Waals surface area contributed by atoms with Gasteiger partial charge < -0.3 is 25.0 Å². The van der Waals surface area contributed by atoms with Crippen LogP contribution in [-0.2, 0) is 6.54 Å². The van der Waals surface area contributed by atoms with Gasteiger partial charge in [0.1, 0.15) is 17.3 Å². The summed E-state index contributed by atoms with van der Waals surface area (Å²) in [6.07, 6.45) is 6.89. The van der Waals surface area contributed by atoms with Crippen molar-refractivity contribution in [2.75, 3.05) is 32.2 Å². The van der Waals surface area contributed by atoms with Crippen molar-refractivity contribution in [2.45, 2.75) is 45.2 Å². The molecule has 1 unspecified atom stereocenters. The minimum absolute atomic E-state index is 0.214. The minimum Gasteiger partial charge on any atom is -0.497 e. The van der Waals surface area contributed by atoms with Crippen molar-refractivity contribution in [1.82, 2.24) is 15.6 Å². The number of hydrogen-bond donors (Lipinski definition) is 2. The molecule has 2 heterocycles. The van der Waals surface area contributed by atoms with Crippen molar-refractivity contribution < 1.29 is 14.3 Å². The summed E-state index contributed by atoms with van der Waals surface area (Å²) in [5.74, 6) is 2.41. The molecule has 2 N–H and O–H groups in total. The van der Waals surface area contributed by atoms with Crippen LogP contribution in [0, 0.1) is 0 Å². The molecule has 0 radical (unpaired) electrons. The van der Waals surface area contributed by atoms with Gasteiger partial charge in [0.2, 0.25) is 0 Å². The Balaban J connectivity index is 1.51. The number of ether oxygens (including phenoxy) is 2. The predicted molar refractivity (Wildman–Crippen MR) is 118 cm³/mol. The van der Waals surface area contributed by atoms with E-state index in [1.54, 1.807) is 14.2 Å². The Morgan fingerprint density at radius 1 is 1.10 bits per heavy atom. The van der Waals surface area contributed by atoms with E-state index < -0.39 is 0 Å². The molecule has 0 bridgehead atoms. The minimum atomic E-state index is -0.239. The monoisotopic (exact) mass is 412 g/mol. The molecule has 7 heteroatoms. The van der Waals surface area contributed by atoms with Crippen LogP contribution in [0.4, 0.5) is 10.6 Å². The van der Waals surface area contributed by atoms with Crippen molar-refractivity contribution in [1.29, 1.82) is 0 Å². The number of anilines is 1. The molecule has 3 rings (SSSR count). The predicted octanol–water partition coefficient (Wildman–Crippen LogP) is 4.04. The van der Waals surface area contributed by atoms with E-state index in [2.05, 4.69) is 20.5 Å². The standard InChI is InChI=1S/C23H32N4O3/c1-17(20-10-9-19(29-2)14-21(20)30-3)26-23(28)25-16-18-8-11-22(24-15-18)27-12-6-4-5-7-13-27/h8-11,14-15,17H,4-7,12-13,16H2,1-3H3,(H2,25,26,28). The summed E-state index contributed by atoms with van der Waals surface area (Å²) in [5, 5.41) is 5.85. The van der Waals surface area contributed by atoms with E-state index >= 15 is 0 Å². The average molecular weight is 413 g/mol. The number of benzene rings is 1. The number of urea groups is 1. The molecule has 1 aliphatic heterocycles. The fourth-order valence-corrected chi connectivity index (χ4v) is 3.69. The summed E-state index contributed by atoms with van der Waals surface area (Å²) in [6.45, 7) is 4.48. The van der Waals surface area contributed by atoms with E-state index in [4.69, 9.17) is 9.47 Å². The van der Waals surface area contributed by atoms with Gasteiger partial charge in [0.15, 0.2) is 0 Å². The van der Waals surface area contributed by atoms with Gasteiger partial charge in [0.05, 0.1) is 20.3 Å². The number of nitrogens with zero attached hydrogens (tertiary/aromatic N) is 2. The second kappa shape index (κ2) is 10.7. The normalized spacial score (nSPS) is 15.1. The van der Waals surface area contributed by atoms with Crippen LogP contribution in [0.1, 0.15) is 49.8 Å². The zero-order chi connectivity index (χ0) is 21.3. The van der Waals surface area contributed by atoms with Crippen molar-refractivity contribution in [2.24, 2.45) is 0 Å². The number of methoxy groups -OCH3 is 2. The van der Waals surface area contributed by atoms with Crippen molar-refractivity contribution in [3.63, 3.8) is 0 Å². The second-order valence-corrected chi connectivity index (χ2v) is 7.58. The summed E-state index contributed by atoms with van der Waals surface area (Å²) >= 11 is 0. The number of carbonyl (C=O) groups excluding carboxylic acids is 1. The van der Waals surface area contributed by atoms with E-state index in [1.807, 2.05) is 43.5 Å². The summed E-state index contributed by atoms with van der Waals surface area (Å²) in [5.41, 5.74) is 1.86. The summed E-state index contributed by atoms with van der Waals surface area (Å²) in [7, 11) is 3.21. The van der Waals surface area contributed by atoms with Crippen molar-refractivity contribution in [3.05, 3.63) is 47.7 Å². The maximum Gasteiger partial charge on any atom is 0.315 e. The molecular formula is C23H32N4O3. The average Bonchev–Trinajstić information content (AvgIpc) is 3.07. The Kier molecular flexibility index (Phi) is 7.76. The molecule has 1 aliphatic rings. The molecule has 1 fully saturated rings. The highest BCUT2D eigenvalue weighted by molar-refractivity contribution is 5.74. The van der Waals surface area contributed by atoms with Crippen LogP contribution in [0.3, 0.4) is 0 Å². The van der Waals surface area contributed by atoms with Crippen LogP contribution >= 0.6 is 0 Å². The van der Waals surface area contributed by atoms with E-state index in [0.717, 1.165) is 30.0 Å². The van der Waals surface area contributed by atoms with Gasteiger partial charge >= 0.3 is 6.03 Å². The van der Waals surface area contributed by atoms with Gasteiger partial charge in [0.25, 0.3) is 0 Å². The third kappa shape index (κ3) is 5.78. The highest BCUT2D eigenvalue weighted by Gasteiger charge is 2.15. The number of hydrogen-bond acceptors (Lipinski definition) is 5. The molecule has 2 amide bonds. The summed E-state index contributed by atoms with van der Waals surface area (Å²) in [6, 6.07) is 9.18. The Hall–Kier alpha value is -2.96. The number of aromatic nitrogens is 1. The third-order valence-corrected chi connectivity index (χ3v) is 5.45. The first-order chi connectivity index (χ1) is 14.6. The van der Waals surface area contributed by atoms with Crippen LogP contribution in [-0.4, -0.2) is 38.3 Å². The molecule has 1 aromatic heterocycles. The molecule has 0 saturated carbocycles. The van der Waals surface area contributed by atoms with Crippen LogP contribution in [0.2, 0.25) is 0 Å². The van der Waals surface area contributed by atoms with Gasteiger partial charge in [-0.15, -0.1) is 0 Å². The van der Waals surface area contributed by atoms with Crippen LogP contribution in [0.25, 0.3) is 0 Å². The first kappa shape index (κ1) is 21.7. The molecule has 2 aromatic rings. The molecule has 0 spiro atoms. The zero-order valence-electron chi connectivity index (χ0n) is 18.1. The van der Waals surface area contributed by atoms with E-state index in [9.17, 15) is 4.79 Å². The molecule has 0 aliphatic carbocycles. The maximum absolute atomic E-state index is 12.4. The Bertz CT molecular complexity index is 818. The number of pyridine rings is 1. The fourth-order valence-electron chi connectivity index (χ4n) is 3.69. The van der Waals surface area contributed by atoms with Gasteiger partial charge in [0, 0.05) is 37.5 Å². The lowest BCUT2D eigenvalue weighted by Crippen LogP contribution is -2.36. The number of amides is 2. The largest absolute Gasteiger partial charge is 0.497 e. The number of carbonyl (C=O) groups is 1. The molecule has 1 aromatic carbocycles. The van der Waals surface area contributed by atoms with E-state index in [0.29, 0.717) is 18.0 Å². The first-order valence-electron chi connectivity index (χ1n) is 10.6. The van der Waals surface area contributed by atoms with E-state index in [-0.39, 0.29) is 12.1 Å². The Labute approximate surface area is 178 Å². The number of rotatable bonds is 7. The Morgan fingerprint density at radius 3 is 2.50 bits per heavy atom. The number of nitrogens with one attached hydrogen (secondary N) is 2. The molecule has 1 atom stereocenters. The lowest BCUT2D eigenvalue weighted by Gasteiger charge is -2.21. The topological polar surface area (TPSA) is 75.7 Å². The quantitative estimate of drug-likeness (QED) is 0.718. The highest BCUT2D eigenvalue weighted by atomic mass is 16.5. The zero-order valence-corrected chi connectivity index (χ0v) is 18.1. The van der Waals surface area contributed by atoms with Crippen LogP contribution in [0.5, 0.6) is 11.5 Å². The second-order valence-electron chi connectivity index (χ2n) is 7.58. The van der Waals surface area contributed by atoms with Gasteiger partial charge in [-0.1, -0.05) is 18.9 Å². The van der Waals surface area contributed by atoms with Gasteiger partial charge in [-0.3, -0.25) is 0 Å². The van der Waals surface area contributed by atoms with Crippen LogP contribution < -0.4 is 25.0 Å². The SMILES string of the molecule is COc1ccc(C(C)NC(=O)NCc2ccc(N3CCCCCC3)nc2)c(OC)c1. The van der Waals surface area contributed by atoms with Gasteiger partial charge in [-0.2, -0.15) is 0 Å². The van der Waals surface area contributed by atoms with Gasteiger partial charge in [-0.25, -0.2) is 9.78 Å². The third-order valence-electron chi connectivity index (χ3n) is 5.45. The highest BCUT2D eigenvalue weighted by Crippen LogP contribution is 2.29. The molecule has 7 nitrogen and oxygen atoms in total. The van der Waals surface area contributed by atoms with Crippen molar-refractivity contribution >= 4 is 11.8 Å². The Morgan fingerprint density at radius 2 is 1.87 bits per heavy atom. The van der Waals surface area contributed by atoms with Crippen molar-refractivity contribution in [3.8, 4) is 11.5 Å². The molecule has 162 valence electrons. The van der Waals surface area contributed by atoms with Crippen LogP contribution in [0.15, 0.2) is 36.5 Å². The molecule has 30 heavy (non-hydrogen) atoms. The fraction of sp³-hybridized carbons (Fsp3) is 0.478. The molecular weight excluding hydrogens is 380 g/mol. The van der Waals surface area contributed by atoms with Gasteiger partial charge in [-0.05, 0) is 43.5 Å². The van der Waals surface area contributed by atoms with E-state index in [1.165, 1.54) is 25.7 Å². The lowest BCUT2D eigenvalue weighted by molar-refractivity contribution is 0.237. The lowest BCUT2D eigenvalue weighted by atomic mass is 10.1. The maximum atomic E-state index is 12.4. The first-order valence-corrected chi connectivity index (χ1v) is 10.6.